The smallest absolute Gasteiger partial charge is 0.205 e. The Morgan fingerprint density at radius 1 is 1.06 bits per heavy atom. The van der Waals surface area contributed by atoms with Gasteiger partial charge in [0.25, 0.3) is 0 Å². The first kappa shape index (κ1) is 11.6. The number of benzene rings is 1. The van der Waals surface area contributed by atoms with Gasteiger partial charge in [-0.3, -0.25) is 9.59 Å². The summed E-state index contributed by atoms with van der Waals surface area (Å²) in [7, 11) is 0. The van der Waals surface area contributed by atoms with Crippen LogP contribution in [0.25, 0.3) is 0 Å². The van der Waals surface area contributed by atoms with Crippen molar-refractivity contribution in [1.29, 1.82) is 0 Å². The van der Waals surface area contributed by atoms with Crippen LogP contribution in [-0.2, 0) is 0 Å². The molecule has 4 heteroatoms. The first-order valence-corrected chi connectivity index (χ1v) is 5.40. The van der Waals surface area contributed by atoms with E-state index in [2.05, 4.69) is 0 Å². The highest BCUT2D eigenvalue weighted by Crippen LogP contribution is 2.13. The quantitative estimate of drug-likeness (QED) is 0.615. The second kappa shape index (κ2) is 4.97. The van der Waals surface area contributed by atoms with Gasteiger partial charge in [-0.15, -0.1) is 0 Å². The monoisotopic (exact) mass is 248 g/mol. The number of ketones is 2. The molecule has 2 rings (SSSR count). The molecule has 0 saturated carbocycles. The summed E-state index contributed by atoms with van der Waals surface area (Å²) >= 11 is 5.71. The van der Waals surface area contributed by atoms with E-state index in [-0.39, 0.29) is 23.7 Å². The van der Waals surface area contributed by atoms with Gasteiger partial charge < -0.3 is 4.42 Å². The third-order valence-electron chi connectivity index (χ3n) is 2.28. The van der Waals surface area contributed by atoms with Crippen LogP contribution in [0.5, 0.6) is 0 Å². The number of rotatable bonds is 4. The SMILES string of the molecule is O=C(CC(=O)c1ccco1)c1ccc(Cl)cc1. The van der Waals surface area contributed by atoms with Gasteiger partial charge in [0.2, 0.25) is 5.78 Å². The zero-order chi connectivity index (χ0) is 12.3. The second-order valence-corrected chi connectivity index (χ2v) is 3.94. The highest BCUT2D eigenvalue weighted by atomic mass is 35.5. The Morgan fingerprint density at radius 3 is 2.35 bits per heavy atom. The molecule has 0 aliphatic rings. The van der Waals surface area contributed by atoms with Crippen LogP contribution in [0.4, 0.5) is 0 Å². The molecule has 1 heterocycles. The molecule has 0 bridgehead atoms. The van der Waals surface area contributed by atoms with Crippen LogP contribution in [-0.4, -0.2) is 11.6 Å². The Hall–Kier alpha value is -1.87. The third-order valence-corrected chi connectivity index (χ3v) is 2.54. The number of furan rings is 1. The number of carbonyl (C=O) groups excluding carboxylic acids is 2. The average Bonchev–Trinajstić information content (AvgIpc) is 2.83. The summed E-state index contributed by atoms with van der Waals surface area (Å²) in [5.41, 5.74) is 0.467. The number of hydrogen-bond acceptors (Lipinski definition) is 3. The molecule has 0 radical (unpaired) electrons. The molecule has 1 aromatic carbocycles. The van der Waals surface area contributed by atoms with Crippen molar-refractivity contribution in [2.24, 2.45) is 0 Å². The highest BCUT2D eigenvalue weighted by Gasteiger charge is 2.15. The van der Waals surface area contributed by atoms with Crippen molar-refractivity contribution in [3.63, 3.8) is 0 Å². The molecule has 86 valence electrons. The fourth-order valence-corrected chi connectivity index (χ4v) is 1.53. The molecular formula is C13H9ClO3. The Bertz CT molecular complexity index is 526. The summed E-state index contributed by atoms with van der Waals surface area (Å²) in [6.07, 6.45) is 1.20. The van der Waals surface area contributed by atoms with E-state index in [0.717, 1.165) is 0 Å². The van der Waals surface area contributed by atoms with E-state index < -0.39 is 0 Å². The summed E-state index contributed by atoms with van der Waals surface area (Å²) in [5.74, 6) is -0.370. The number of carbonyl (C=O) groups is 2. The maximum Gasteiger partial charge on any atom is 0.205 e. The van der Waals surface area contributed by atoms with Gasteiger partial charge in [0, 0.05) is 10.6 Å². The lowest BCUT2D eigenvalue weighted by Gasteiger charge is -1.99. The fraction of sp³-hybridized carbons (Fsp3) is 0.0769. The summed E-state index contributed by atoms with van der Waals surface area (Å²) in [4.78, 5) is 23.4. The molecule has 0 atom stereocenters. The van der Waals surface area contributed by atoms with E-state index in [1.165, 1.54) is 12.3 Å². The standard InChI is InChI=1S/C13H9ClO3/c14-10-5-3-9(4-6-10)11(15)8-12(16)13-2-1-7-17-13/h1-7H,8H2. The van der Waals surface area contributed by atoms with Crippen LogP contribution in [0.3, 0.4) is 0 Å². The van der Waals surface area contributed by atoms with Gasteiger partial charge in [-0.25, -0.2) is 0 Å². The van der Waals surface area contributed by atoms with Gasteiger partial charge in [0.05, 0.1) is 12.7 Å². The lowest BCUT2D eigenvalue weighted by molar-refractivity contribution is 0.0878. The van der Waals surface area contributed by atoms with Gasteiger partial charge in [0.1, 0.15) is 0 Å². The molecule has 0 saturated heterocycles. The summed E-state index contributed by atoms with van der Waals surface area (Å²) in [6.45, 7) is 0. The largest absolute Gasteiger partial charge is 0.461 e. The first-order valence-electron chi connectivity index (χ1n) is 5.02. The van der Waals surface area contributed by atoms with Crippen molar-refractivity contribution in [1.82, 2.24) is 0 Å². The van der Waals surface area contributed by atoms with Gasteiger partial charge in [-0.2, -0.15) is 0 Å². The number of hydrogen-bond donors (Lipinski definition) is 0. The molecule has 0 unspecified atom stereocenters. The molecule has 2 aromatic rings. The molecule has 0 aliphatic carbocycles. The summed E-state index contributed by atoms with van der Waals surface area (Å²) in [6, 6.07) is 9.58. The average molecular weight is 249 g/mol. The maximum absolute atomic E-state index is 11.8. The minimum Gasteiger partial charge on any atom is -0.461 e. The van der Waals surface area contributed by atoms with E-state index >= 15 is 0 Å². The first-order chi connectivity index (χ1) is 8.16. The highest BCUT2D eigenvalue weighted by molar-refractivity contribution is 6.30. The molecular weight excluding hydrogens is 240 g/mol. The van der Waals surface area contributed by atoms with Crippen molar-refractivity contribution in [2.75, 3.05) is 0 Å². The molecule has 0 fully saturated rings. The normalized spacial score (nSPS) is 10.2. The van der Waals surface area contributed by atoms with Crippen molar-refractivity contribution < 1.29 is 14.0 Å². The minimum absolute atomic E-state index is 0.199. The second-order valence-electron chi connectivity index (χ2n) is 3.51. The predicted octanol–water partition coefficient (Wildman–Crippen LogP) is 3.39. The Morgan fingerprint density at radius 2 is 1.76 bits per heavy atom. The van der Waals surface area contributed by atoms with E-state index in [4.69, 9.17) is 16.0 Å². The topological polar surface area (TPSA) is 47.3 Å². The van der Waals surface area contributed by atoms with Gasteiger partial charge in [-0.1, -0.05) is 11.6 Å². The fourth-order valence-electron chi connectivity index (χ4n) is 1.41. The van der Waals surface area contributed by atoms with Gasteiger partial charge >= 0.3 is 0 Å². The molecule has 3 nitrogen and oxygen atoms in total. The molecule has 17 heavy (non-hydrogen) atoms. The number of halogens is 1. The maximum atomic E-state index is 11.8. The molecule has 0 spiro atoms. The minimum atomic E-state index is -0.324. The third kappa shape index (κ3) is 2.82. The Labute approximate surface area is 103 Å². The van der Waals surface area contributed by atoms with E-state index in [0.29, 0.717) is 10.6 Å². The van der Waals surface area contributed by atoms with Crippen LogP contribution in [0.1, 0.15) is 27.3 Å². The van der Waals surface area contributed by atoms with Crippen molar-refractivity contribution in [3.8, 4) is 0 Å². The van der Waals surface area contributed by atoms with Crippen LogP contribution in [0, 0.1) is 0 Å². The van der Waals surface area contributed by atoms with Crippen LogP contribution in [0.15, 0.2) is 47.1 Å². The number of Topliss-reactive ketones (excluding diaryl/α,β-unsaturated/α-hetero) is 2. The van der Waals surface area contributed by atoms with Gasteiger partial charge in [0.15, 0.2) is 11.5 Å². The zero-order valence-corrected chi connectivity index (χ0v) is 9.61. The summed E-state index contributed by atoms with van der Waals surface area (Å²) < 4.78 is 4.93. The zero-order valence-electron chi connectivity index (χ0n) is 8.85. The lowest BCUT2D eigenvalue weighted by atomic mass is 10.1. The summed E-state index contributed by atoms with van der Waals surface area (Å²) in [5, 5.41) is 0.555. The molecule has 1 aromatic heterocycles. The van der Waals surface area contributed by atoms with Crippen molar-refractivity contribution in [2.45, 2.75) is 6.42 Å². The molecule has 0 amide bonds. The van der Waals surface area contributed by atoms with Crippen molar-refractivity contribution in [3.05, 3.63) is 59.0 Å². The van der Waals surface area contributed by atoms with E-state index in [9.17, 15) is 9.59 Å². The van der Waals surface area contributed by atoms with E-state index in [1.54, 1.807) is 30.3 Å². The Balaban J connectivity index is 2.07. The molecule has 0 aliphatic heterocycles. The van der Waals surface area contributed by atoms with Crippen LogP contribution >= 0.6 is 11.6 Å². The Kier molecular flexibility index (Phi) is 3.40. The van der Waals surface area contributed by atoms with Gasteiger partial charge in [-0.05, 0) is 36.4 Å². The van der Waals surface area contributed by atoms with Crippen LogP contribution in [0.2, 0.25) is 5.02 Å². The van der Waals surface area contributed by atoms with E-state index in [1.807, 2.05) is 0 Å². The van der Waals surface area contributed by atoms with Crippen molar-refractivity contribution >= 4 is 23.2 Å². The lowest BCUT2D eigenvalue weighted by Crippen LogP contribution is -2.07. The molecule has 0 N–H and O–H groups in total. The van der Waals surface area contributed by atoms with Crippen LogP contribution < -0.4 is 0 Å². The predicted molar refractivity (Wildman–Crippen MR) is 63.4 cm³/mol.